The van der Waals surface area contributed by atoms with Crippen molar-refractivity contribution in [1.82, 2.24) is 10.3 Å². The number of aliphatic hydroxyl groups is 1. The lowest BCUT2D eigenvalue weighted by Crippen LogP contribution is -2.47. The van der Waals surface area contributed by atoms with Gasteiger partial charge in [-0.3, -0.25) is 14.6 Å². The van der Waals surface area contributed by atoms with Gasteiger partial charge in [-0.1, -0.05) is 0 Å². The molecule has 98 valence electrons. The number of nitrogens with one attached hydrogen (secondary N) is 2. The molecule has 1 aromatic rings. The Bertz CT molecular complexity index is 521. The van der Waals surface area contributed by atoms with Gasteiger partial charge in [0.05, 0.1) is 11.7 Å². The minimum atomic E-state index is -1.50. The topological polar surface area (TPSA) is 140 Å². The molecular weight excluding hydrogens is 244 g/mol. The summed E-state index contributed by atoms with van der Waals surface area (Å²) in [5.74, 6) is -2.81. The summed E-state index contributed by atoms with van der Waals surface area (Å²) in [5, 5.41) is 29.1. The number of aromatic amines is 1. The van der Waals surface area contributed by atoms with Crippen LogP contribution >= 0.6 is 0 Å². The lowest BCUT2D eigenvalue weighted by Gasteiger charge is -2.16. The van der Waals surface area contributed by atoms with Crippen LogP contribution in [0.2, 0.25) is 0 Å². The summed E-state index contributed by atoms with van der Waals surface area (Å²) in [7, 11) is 0. The van der Waals surface area contributed by atoms with E-state index >= 15 is 0 Å². The first-order valence-electron chi connectivity index (χ1n) is 4.96. The predicted octanol–water partition coefficient (Wildman–Crippen LogP) is -1.36. The highest BCUT2D eigenvalue weighted by molar-refractivity contribution is 5.96. The number of hydrogen-bond donors (Lipinski definition) is 5. The molecule has 2 atom stereocenters. The summed E-state index contributed by atoms with van der Waals surface area (Å²) in [5.41, 5.74) is -0.910. The van der Waals surface area contributed by atoms with Crippen molar-refractivity contribution in [3.8, 4) is 5.88 Å². The molecule has 5 N–H and O–H groups in total. The third-order valence-electron chi connectivity index (χ3n) is 2.13. The van der Waals surface area contributed by atoms with Crippen LogP contribution in [0.1, 0.15) is 17.3 Å². The summed E-state index contributed by atoms with van der Waals surface area (Å²) in [6.07, 6.45) is -1.30. The maximum absolute atomic E-state index is 11.6. The first-order valence-corrected chi connectivity index (χ1v) is 4.96. The molecule has 0 spiro atoms. The smallest absolute Gasteiger partial charge is 0.328 e. The van der Waals surface area contributed by atoms with Gasteiger partial charge in [0.15, 0.2) is 11.9 Å². The highest BCUT2D eigenvalue weighted by Gasteiger charge is 2.25. The Hall–Kier alpha value is -2.35. The maximum atomic E-state index is 11.6. The standard InChI is InChI=1S/C10H12N2O6/c1-4(13)8(10(17)18)12-9(16)5-2-6(14)11-7(15)3-5/h2-4,8,13H,1H3,(H,12,16)(H,17,18)(H2,11,14,15). The van der Waals surface area contributed by atoms with Crippen LogP contribution in [-0.2, 0) is 4.79 Å². The Morgan fingerprint density at radius 2 is 2.00 bits per heavy atom. The minimum absolute atomic E-state index is 0.205. The van der Waals surface area contributed by atoms with Gasteiger partial charge in [-0.2, -0.15) is 0 Å². The van der Waals surface area contributed by atoms with Crippen molar-refractivity contribution in [2.24, 2.45) is 0 Å². The average molecular weight is 256 g/mol. The van der Waals surface area contributed by atoms with E-state index in [1.54, 1.807) is 0 Å². The molecule has 2 unspecified atom stereocenters. The van der Waals surface area contributed by atoms with Gasteiger partial charge in [0.1, 0.15) is 0 Å². The van der Waals surface area contributed by atoms with Crippen molar-refractivity contribution >= 4 is 11.9 Å². The Kier molecular flexibility index (Phi) is 4.05. The van der Waals surface area contributed by atoms with Crippen molar-refractivity contribution in [3.05, 3.63) is 28.0 Å². The first kappa shape index (κ1) is 13.7. The van der Waals surface area contributed by atoms with Gasteiger partial charge in [-0.25, -0.2) is 4.79 Å². The van der Waals surface area contributed by atoms with E-state index < -0.39 is 35.5 Å². The lowest BCUT2D eigenvalue weighted by molar-refractivity contribution is -0.141. The van der Waals surface area contributed by atoms with Gasteiger partial charge in [-0.15, -0.1) is 0 Å². The van der Waals surface area contributed by atoms with Crippen molar-refractivity contribution in [3.63, 3.8) is 0 Å². The van der Waals surface area contributed by atoms with Crippen LogP contribution in [0.3, 0.4) is 0 Å². The predicted molar refractivity (Wildman–Crippen MR) is 59.3 cm³/mol. The zero-order chi connectivity index (χ0) is 13.9. The number of carbonyl (C=O) groups excluding carboxylic acids is 1. The summed E-state index contributed by atoms with van der Waals surface area (Å²) in [4.78, 5) is 35.4. The van der Waals surface area contributed by atoms with Gasteiger partial charge >= 0.3 is 5.97 Å². The number of carboxylic acid groups (broad SMARTS) is 1. The molecule has 0 aliphatic heterocycles. The van der Waals surface area contributed by atoms with Gasteiger partial charge in [0.25, 0.3) is 11.5 Å². The Balaban J connectivity index is 2.94. The molecule has 0 radical (unpaired) electrons. The van der Waals surface area contributed by atoms with Crippen molar-refractivity contribution in [1.29, 1.82) is 0 Å². The third kappa shape index (κ3) is 3.32. The van der Waals surface area contributed by atoms with Crippen LogP contribution in [0, 0.1) is 0 Å². The maximum Gasteiger partial charge on any atom is 0.328 e. The van der Waals surface area contributed by atoms with Gasteiger partial charge in [0, 0.05) is 12.1 Å². The molecule has 0 bridgehead atoms. The number of carboxylic acids is 1. The fourth-order valence-electron chi connectivity index (χ4n) is 1.27. The number of amides is 1. The molecule has 18 heavy (non-hydrogen) atoms. The number of rotatable bonds is 4. The molecule has 0 aliphatic rings. The second-order valence-corrected chi connectivity index (χ2v) is 3.65. The highest BCUT2D eigenvalue weighted by Crippen LogP contribution is 2.05. The van der Waals surface area contributed by atoms with Crippen molar-refractivity contribution < 1.29 is 24.9 Å². The number of H-pyrrole nitrogens is 1. The SMILES string of the molecule is CC(O)C(NC(=O)c1cc(O)[nH]c(=O)c1)C(=O)O. The molecule has 1 rings (SSSR count). The third-order valence-corrected chi connectivity index (χ3v) is 2.13. The van der Waals surface area contributed by atoms with Crippen LogP contribution in [0.15, 0.2) is 16.9 Å². The van der Waals surface area contributed by atoms with Crippen LogP contribution < -0.4 is 10.9 Å². The van der Waals surface area contributed by atoms with Crippen LogP contribution in [0.4, 0.5) is 0 Å². The number of pyridine rings is 1. The molecule has 1 heterocycles. The molecule has 8 nitrogen and oxygen atoms in total. The quantitative estimate of drug-likeness (QED) is 0.451. The van der Waals surface area contributed by atoms with E-state index in [9.17, 15) is 19.5 Å². The van der Waals surface area contributed by atoms with Gasteiger partial charge in [-0.05, 0) is 6.92 Å². The summed E-state index contributed by atoms with van der Waals surface area (Å²) < 4.78 is 0. The Morgan fingerprint density at radius 3 is 2.44 bits per heavy atom. The number of aliphatic carboxylic acids is 1. The normalized spacial score (nSPS) is 13.7. The largest absolute Gasteiger partial charge is 0.494 e. The minimum Gasteiger partial charge on any atom is -0.494 e. The second-order valence-electron chi connectivity index (χ2n) is 3.65. The van der Waals surface area contributed by atoms with Gasteiger partial charge < -0.3 is 20.6 Å². The van der Waals surface area contributed by atoms with Crippen molar-refractivity contribution in [2.45, 2.75) is 19.1 Å². The molecule has 1 aromatic heterocycles. The number of aromatic hydroxyl groups is 1. The Labute approximate surface area is 101 Å². The molecule has 0 aromatic carbocycles. The summed E-state index contributed by atoms with van der Waals surface area (Å²) in [6.45, 7) is 1.20. The summed E-state index contributed by atoms with van der Waals surface area (Å²) in [6, 6.07) is 0.368. The van der Waals surface area contributed by atoms with E-state index in [4.69, 9.17) is 10.2 Å². The highest BCUT2D eigenvalue weighted by atomic mass is 16.4. The van der Waals surface area contributed by atoms with E-state index in [-0.39, 0.29) is 5.56 Å². The molecular formula is C10H12N2O6. The van der Waals surface area contributed by atoms with E-state index in [1.165, 1.54) is 6.92 Å². The number of aliphatic hydroxyl groups excluding tert-OH is 1. The van der Waals surface area contributed by atoms with E-state index in [0.717, 1.165) is 12.1 Å². The number of aromatic nitrogens is 1. The molecule has 0 saturated carbocycles. The number of carbonyl (C=O) groups is 2. The zero-order valence-corrected chi connectivity index (χ0v) is 9.38. The lowest BCUT2D eigenvalue weighted by atomic mass is 10.1. The second kappa shape index (κ2) is 5.32. The summed E-state index contributed by atoms with van der Waals surface area (Å²) >= 11 is 0. The van der Waals surface area contributed by atoms with E-state index in [1.807, 2.05) is 10.3 Å². The number of hydrogen-bond acceptors (Lipinski definition) is 5. The molecule has 0 fully saturated rings. The van der Waals surface area contributed by atoms with Crippen LogP contribution in [-0.4, -0.2) is 44.3 Å². The molecule has 0 aliphatic carbocycles. The van der Waals surface area contributed by atoms with E-state index in [2.05, 4.69) is 0 Å². The first-order chi connectivity index (χ1) is 8.31. The molecule has 1 amide bonds. The van der Waals surface area contributed by atoms with E-state index in [0.29, 0.717) is 0 Å². The van der Waals surface area contributed by atoms with Crippen molar-refractivity contribution in [2.75, 3.05) is 0 Å². The van der Waals surface area contributed by atoms with Gasteiger partial charge in [0.2, 0.25) is 0 Å². The Morgan fingerprint density at radius 1 is 1.39 bits per heavy atom. The fourth-order valence-corrected chi connectivity index (χ4v) is 1.27. The van der Waals surface area contributed by atoms with Crippen LogP contribution in [0.25, 0.3) is 0 Å². The molecule has 8 heteroatoms. The average Bonchev–Trinajstić information content (AvgIpc) is 2.23. The van der Waals surface area contributed by atoms with Crippen LogP contribution in [0.5, 0.6) is 5.88 Å². The zero-order valence-electron chi connectivity index (χ0n) is 9.38. The fraction of sp³-hybridized carbons (Fsp3) is 0.300. The molecule has 0 saturated heterocycles. The monoisotopic (exact) mass is 256 g/mol.